The molecule has 2 aliphatic rings. The van der Waals surface area contributed by atoms with Gasteiger partial charge in [0, 0.05) is 26.7 Å². The first-order chi connectivity index (χ1) is 17.7. The minimum Gasteiger partial charge on any atom is -0.480 e. The molecule has 2 N–H and O–H groups in total. The number of ether oxygens (including phenoxy) is 1. The first-order valence-electron chi connectivity index (χ1n) is 12.5. The quantitative estimate of drug-likeness (QED) is 0.460. The summed E-state index contributed by atoms with van der Waals surface area (Å²) >= 11 is 0. The summed E-state index contributed by atoms with van der Waals surface area (Å²) in [5.74, 6) is -2.85. The first kappa shape index (κ1) is 29.4. The number of likely N-dealkylation sites (N-methyl/N-ethyl adjacent to an activating group) is 1. The van der Waals surface area contributed by atoms with E-state index in [1.165, 1.54) is 16.8 Å². The molecule has 2 saturated heterocycles. The number of carbonyl (C=O) groups is 4. The van der Waals surface area contributed by atoms with Crippen molar-refractivity contribution in [3.05, 3.63) is 35.9 Å². The average molecular weight is 553 g/mol. The molecule has 3 amide bonds. The molecule has 0 saturated carbocycles. The van der Waals surface area contributed by atoms with Crippen LogP contribution in [0.3, 0.4) is 0 Å². The van der Waals surface area contributed by atoms with Crippen LogP contribution in [0.15, 0.2) is 30.3 Å². The maximum absolute atomic E-state index is 13.4. The third-order valence-corrected chi connectivity index (χ3v) is 7.83. The molecule has 0 spiro atoms. The van der Waals surface area contributed by atoms with Crippen molar-refractivity contribution in [2.45, 2.75) is 69.5 Å². The van der Waals surface area contributed by atoms with E-state index in [1.54, 1.807) is 51.1 Å². The van der Waals surface area contributed by atoms with Gasteiger partial charge in [-0.15, -0.1) is 0 Å². The number of likely N-dealkylation sites (tertiary alicyclic amines) is 2. The summed E-state index contributed by atoms with van der Waals surface area (Å²) in [6, 6.07) is 5.50. The van der Waals surface area contributed by atoms with E-state index in [0.29, 0.717) is 12.0 Å². The van der Waals surface area contributed by atoms with Gasteiger partial charge in [0.25, 0.3) is 0 Å². The highest BCUT2D eigenvalue weighted by atomic mass is 32.2. The Bertz CT molecular complexity index is 1150. The molecule has 1 aromatic rings. The van der Waals surface area contributed by atoms with E-state index in [4.69, 9.17) is 4.74 Å². The number of benzene rings is 1. The summed E-state index contributed by atoms with van der Waals surface area (Å²) in [7, 11) is -2.53. The van der Waals surface area contributed by atoms with Gasteiger partial charge in [0.1, 0.15) is 17.7 Å². The minimum absolute atomic E-state index is 0.157. The Balaban J connectivity index is 1.71. The Morgan fingerprint density at radius 1 is 1.16 bits per heavy atom. The highest BCUT2D eigenvalue weighted by Gasteiger charge is 2.41. The molecule has 2 fully saturated rings. The molecule has 1 aromatic carbocycles. The second-order valence-electron chi connectivity index (χ2n) is 10.7. The average Bonchev–Trinajstić information content (AvgIpc) is 3.26. The number of hydrogen-bond acceptors (Lipinski definition) is 7. The summed E-state index contributed by atoms with van der Waals surface area (Å²) < 4.78 is 33.6. The first-order valence-corrected chi connectivity index (χ1v) is 14.1. The second kappa shape index (κ2) is 11.7. The Kier molecular flexibility index (Phi) is 9.03. The Hall–Kier alpha value is -3.19. The monoisotopic (exact) mass is 552 g/mol. The SMILES string of the molecule is CN(C(=O)C[C@@H](NS(=O)(=O)Cc1ccccc1)C(=O)N1CCC[C@H]1C(=O)O)C1CN(C(=O)OC(C)(C)C)C1. The van der Waals surface area contributed by atoms with E-state index >= 15 is 0 Å². The van der Waals surface area contributed by atoms with E-state index in [-0.39, 0.29) is 32.1 Å². The molecule has 0 aliphatic carbocycles. The molecule has 0 unspecified atom stereocenters. The van der Waals surface area contributed by atoms with Crippen LogP contribution in [0.4, 0.5) is 4.79 Å². The van der Waals surface area contributed by atoms with Gasteiger partial charge in [0.05, 0.1) is 18.2 Å². The number of rotatable bonds is 9. The number of amides is 3. The molecular formula is C25H36N4O8S. The summed E-state index contributed by atoms with van der Waals surface area (Å²) in [5, 5.41) is 9.51. The van der Waals surface area contributed by atoms with Crippen molar-refractivity contribution in [2.24, 2.45) is 0 Å². The Morgan fingerprint density at radius 3 is 2.37 bits per heavy atom. The van der Waals surface area contributed by atoms with Crippen LogP contribution in [-0.2, 0) is 34.9 Å². The van der Waals surface area contributed by atoms with Crippen LogP contribution in [0, 0.1) is 0 Å². The molecule has 0 radical (unpaired) electrons. The zero-order chi connectivity index (χ0) is 28.3. The van der Waals surface area contributed by atoms with Gasteiger partial charge >= 0.3 is 12.1 Å². The lowest BCUT2D eigenvalue weighted by Gasteiger charge is -2.44. The predicted octanol–water partition coefficient (Wildman–Crippen LogP) is 1.02. The number of nitrogens with zero attached hydrogens (tertiary/aromatic N) is 3. The van der Waals surface area contributed by atoms with Crippen LogP contribution in [0.1, 0.15) is 45.6 Å². The van der Waals surface area contributed by atoms with Crippen LogP contribution >= 0.6 is 0 Å². The van der Waals surface area contributed by atoms with Crippen LogP contribution in [-0.4, -0.2) is 103 Å². The number of hydrogen-bond donors (Lipinski definition) is 2. The fraction of sp³-hybridized carbons (Fsp3) is 0.600. The molecule has 210 valence electrons. The van der Waals surface area contributed by atoms with Gasteiger partial charge < -0.3 is 24.5 Å². The highest BCUT2D eigenvalue weighted by molar-refractivity contribution is 7.88. The van der Waals surface area contributed by atoms with E-state index in [9.17, 15) is 32.7 Å². The van der Waals surface area contributed by atoms with Gasteiger partial charge in [-0.05, 0) is 39.2 Å². The van der Waals surface area contributed by atoms with Crippen molar-refractivity contribution in [3.8, 4) is 0 Å². The molecule has 2 aliphatic heterocycles. The molecule has 13 heteroatoms. The van der Waals surface area contributed by atoms with Gasteiger partial charge in [-0.1, -0.05) is 30.3 Å². The van der Waals surface area contributed by atoms with Gasteiger partial charge in [-0.3, -0.25) is 9.59 Å². The van der Waals surface area contributed by atoms with E-state index in [0.717, 1.165) is 4.90 Å². The highest BCUT2D eigenvalue weighted by Crippen LogP contribution is 2.22. The lowest BCUT2D eigenvalue weighted by molar-refractivity contribution is -0.149. The summed E-state index contributed by atoms with van der Waals surface area (Å²) in [5.41, 5.74) is -0.159. The lowest BCUT2D eigenvalue weighted by atomic mass is 10.1. The van der Waals surface area contributed by atoms with Crippen molar-refractivity contribution in [1.82, 2.24) is 19.4 Å². The smallest absolute Gasteiger partial charge is 0.410 e. The van der Waals surface area contributed by atoms with E-state index in [1.807, 2.05) is 0 Å². The van der Waals surface area contributed by atoms with Crippen molar-refractivity contribution < 1.29 is 37.4 Å². The maximum atomic E-state index is 13.4. The molecule has 12 nitrogen and oxygen atoms in total. The molecule has 0 aromatic heterocycles. The molecule has 38 heavy (non-hydrogen) atoms. The molecule has 0 bridgehead atoms. The van der Waals surface area contributed by atoms with Gasteiger partial charge in [-0.25, -0.2) is 22.7 Å². The fourth-order valence-electron chi connectivity index (χ4n) is 4.42. The number of aliphatic carboxylic acids is 1. The van der Waals surface area contributed by atoms with Crippen LogP contribution in [0.5, 0.6) is 0 Å². The Morgan fingerprint density at radius 2 is 1.79 bits per heavy atom. The van der Waals surface area contributed by atoms with Gasteiger partial charge in [0.2, 0.25) is 21.8 Å². The number of carboxylic acids is 1. The summed E-state index contributed by atoms with van der Waals surface area (Å²) in [6.07, 6.45) is -0.274. The minimum atomic E-state index is -4.05. The van der Waals surface area contributed by atoms with Crippen molar-refractivity contribution >= 4 is 33.9 Å². The second-order valence-corrected chi connectivity index (χ2v) is 12.4. The Labute approximate surface area is 222 Å². The standard InChI is InChI=1S/C25H36N4O8S/c1-25(2,3)37-24(34)28-14-18(15-28)27(4)21(30)13-19(22(31)29-12-8-11-20(29)23(32)33)26-38(35,36)16-17-9-6-5-7-10-17/h5-7,9-10,18-20,26H,8,11-16H2,1-4H3,(H,32,33)/t19-,20+/m1/s1. The van der Waals surface area contributed by atoms with Crippen LogP contribution < -0.4 is 4.72 Å². The normalized spacial score (nSPS) is 19.0. The van der Waals surface area contributed by atoms with Crippen molar-refractivity contribution in [3.63, 3.8) is 0 Å². The molecular weight excluding hydrogens is 516 g/mol. The fourth-order valence-corrected chi connectivity index (χ4v) is 5.75. The predicted molar refractivity (Wildman–Crippen MR) is 137 cm³/mol. The van der Waals surface area contributed by atoms with Crippen molar-refractivity contribution in [2.75, 3.05) is 26.7 Å². The van der Waals surface area contributed by atoms with Crippen molar-refractivity contribution in [1.29, 1.82) is 0 Å². The largest absolute Gasteiger partial charge is 0.480 e. The summed E-state index contributed by atoms with van der Waals surface area (Å²) in [4.78, 5) is 54.3. The van der Waals surface area contributed by atoms with Gasteiger partial charge in [0.15, 0.2) is 0 Å². The zero-order valence-corrected chi connectivity index (χ0v) is 22.9. The summed E-state index contributed by atoms with van der Waals surface area (Å²) in [6.45, 7) is 5.89. The topological polar surface area (TPSA) is 154 Å². The number of nitrogens with one attached hydrogen (secondary N) is 1. The van der Waals surface area contributed by atoms with Gasteiger partial charge in [-0.2, -0.15) is 0 Å². The molecule has 3 rings (SSSR count). The van der Waals surface area contributed by atoms with E-state index < -0.39 is 63.8 Å². The number of carboxylic acid groups (broad SMARTS) is 1. The van der Waals surface area contributed by atoms with E-state index in [2.05, 4.69) is 4.72 Å². The maximum Gasteiger partial charge on any atom is 0.410 e. The number of carbonyl (C=O) groups excluding carboxylic acids is 3. The van der Waals surface area contributed by atoms with Crippen LogP contribution in [0.25, 0.3) is 0 Å². The number of sulfonamides is 1. The zero-order valence-electron chi connectivity index (χ0n) is 22.1. The molecule has 2 heterocycles. The lowest BCUT2D eigenvalue weighted by Crippen LogP contribution is -2.62. The molecule has 2 atom stereocenters. The van der Waals surface area contributed by atoms with Crippen LogP contribution in [0.2, 0.25) is 0 Å². The third-order valence-electron chi connectivity index (χ3n) is 6.47. The third kappa shape index (κ3) is 7.67.